The Bertz CT molecular complexity index is 754. The van der Waals surface area contributed by atoms with Crippen molar-refractivity contribution in [3.8, 4) is 5.75 Å². The third-order valence-corrected chi connectivity index (χ3v) is 5.31. The molecule has 114 valence electrons. The lowest BCUT2D eigenvalue weighted by Crippen LogP contribution is -2.24. The van der Waals surface area contributed by atoms with Crippen LogP contribution in [0.3, 0.4) is 0 Å². The van der Waals surface area contributed by atoms with Crippen LogP contribution in [0.1, 0.15) is 16.3 Å². The molecular weight excluding hydrogens is 310 g/mol. The molecule has 0 aliphatic rings. The molecule has 0 bridgehead atoms. The van der Waals surface area contributed by atoms with E-state index in [4.69, 9.17) is 10.5 Å². The number of nitrogens with zero attached hydrogens (tertiary/aromatic N) is 1. The van der Waals surface area contributed by atoms with Crippen molar-refractivity contribution in [3.05, 3.63) is 33.8 Å². The van der Waals surface area contributed by atoms with Crippen LogP contribution >= 0.6 is 11.3 Å². The second-order valence-corrected chi connectivity index (χ2v) is 7.24. The third kappa shape index (κ3) is 3.52. The topological polar surface area (TPSA) is 94.3 Å². The van der Waals surface area contributed by atoms with Crippen LogP contribution in [0.2, 0.25) is 0 Å². The van der Waals surface area contributed by atoms with Gasteiger partial charge in [-0.1, -0.05) is 0 Å². The van der Waals surface area contributed by atoms with E-state index in [9.17, 15) is 8.42 Å². The number of nitrogen functional groups attached to an aromatic ring is 1. The van der Waals surface area contributed by atoms with Crippen LogP contribution in [0.4, 0.5) is 5.69 Å². The van der Waals surface area contributed by atoms with Crippen LogP contribution in [0.25, 0.3) is 0 Å². The number of nitrogens with one attached hydrogen (secondary N) is 1. The second-order valence-electron chi connectivity index (χ2n) is 4.57. The molecule has 6 nitrogen and oxygen atoms in total. The number of nitrogens with two attached hydrogens (primary N) is 1. The summed E-state index contributed by atoms with van der Waals surface area (Å²) in [6, 6.07) is 3.01. The summed E-state index contributed by atoms with van der Waals surface area (Å²) in [5, 5.41) is 2.57. The van der Waals surface area contributed by atoms with Crippen LogP contribution in [-0.4, -0.2) is 20.5 Å². The number of hydrogen-bond acceptors (Lipinski definition) is 6. The Balaban J connectivity index is 2.28. The van der Waals surface area contributed by atoms with Gasteiger partial charge in [-0.2, -0.15) is 0 Å². The van der Waals surface area contributed by atoms with Crippen LogP contribution in [0.15, 0.2) is 22.4 Å². The molecule has 0 radical (unpaired) electrons. The molecule has 0 fully saturated rings. The van der Waals surface area contributed by atoms with Gasteiger partial charge in [0.05, 0.1) is 13.7 Å². The molecule has 0 unspecified atom stereocenters. The maximum atomic E-state index is 12.4. The van der Waals surface area contributed by atoms with Crippen molar-refractivity contribution in [2.75, 3.05) is 12.8 Å². The molecule has 1 heterocycles. The Hall–Kier alpha value is -1.64. The maximum Gasteiger partial charge on any atom is 0.244 e. The highest BCUT2D eigenvalue weighted by atomic mass is 32.2. The summed E-state index contributed by atoms with van der Waals surface area (Å²) < 4.78 is 32.4. The predicted octanol–water partition coefficient (Wildman–Crippen LogP) is 1.83. The number of thiazole rings is 1. The first kappa shape index (κ1) is 15.7. The van der Waals surface area contributed by atoms with Crippen molar-refractivity contribution in [2.24, 2.45) is 0 Å². The lowest BCUT2D eigenvalue weighted by Gasteiger charge is -2.12. The Morgan fingerprint density at radius 3 is 2.67 bits per heavy atom. The Labute approximate surface area is 128 Å². The first-order valence-corrected chi connectivity index (χ1v) is 8.54. The molecule has 1 aromatic carbocycles. The number of hydrogen-bond donors (Lipinski definition) is 2. The number of benzene rings is 1. The zero-order valence-corrected chi connectivity index (χ0v) is 13.6. The zero-order chi connectivity index (χ0) is 15.6. The van der Waals surface area contributed by atoms with Crippen molar-refractivity contribution >= 4 is 27.0 Å². The molecular formula is C13H17N3O3S2. The van der Waals surface area contributed by atoms with E-state index in [0.717, 1.165) is 11.3 Å². The molecule has 1 aromatic heterocycles. The summed E-state index contributed by atoms with van der Waals surface area (Å²) in [6.07, 6.45) is 0. The van der Waals surface area contributed by atoms with Crippen LogP contribution in [-0.2, 0) is 16.6 Å². The lowest BCUT2D eigenvalue weighted by molar-refractivity contribution is 0.402. The molecule has 0 saturated carbocycles. The second kappa shape index (κ2) is 6.00. The summed E-state index contributed by atoms with van der Waals surface area (Å²) in [6.45, 7) is 3.79. The molecule has 0 amide bonds. The standard InChI is InChI=1S/C13H17N3O3S2/c1-8-4-11(19-3)12(5-10(8)14)21(17,18)15-6-13-16-9(2)7-20-13/h4-5,7,15H,6,14H2,1-3H3. The van der Waals surface area contributed by atoms with Gasteiger partial charge in [0.25, 0.3) is 0 Å². The molecule has 2 aromatic rings. The van der Waals surface area contributed by atoms with Crippen LogP contribution < -0.4 is 15.2 Å². The number of aryl methyl sites for hydroxylation is 2. The van der Waals surface area contributed by atoms with Gasteiger partial charge in [0.1, 0.15) is 15.7 Å². The quantitative estimate of drug-likeness (QED) is 0.817. The van der Waals surface area contributed by atoms with Crippen molar-refractivity contribution in [1.29, 1.82) is 0 Å². The van der Waals surface area contributed by atoms with Gasteiger partial charge in [-0.25, -0.2) is 18.1 Å². The van der Waals surface area contributed by atoms with Gasteiger partial charge in [-0.15, -0.1) is 11.3 Å². The highest BCUT2D eigenvalue weighted by Gasteiger charge is 2.21. The van der Waals surface area contributed by atoms with Gasteiger partial charge in [0, 0.05) is 16.8 Å². The van der Waals surface area contributed by atoms with Crippen LogP contribution in [0, 0.1) is 13.8 Å². The number of sulfonamides is 1. The monoisotopic (exact) mass is 327 g/mol. The molecule has 21 heavy (non-hydrogen) atoms. The summed E-state index contributed by atoms with van der Waals surface area (Å²) in [4.78, 5) is 4.25. The van der Waals surface area contributed by atoms with E-state index in [1.807, 2.05) is 12.3 Å². The number of rotatable bonds is 5. The van der Waals surface area contributed by atoms with E-state index >= 15 is 0 Å². The molecule has 0 aliphatic carbocycles. The number of ether oxygens (including phenoxy) is 1. The van der Waals surface area contributed by atoms with E-state index in [0.29, 0.717) is 10.7 Å². The number of anilines is 1. The highest BCUT2D eigenvalue weighted by molar-refractivity contribution is 7.89. The minimum absolute atomic E-state index is 0.0291. The zero-order valence-electron chi connectivity index (χ0n) is 12.0. The first-order chi connectivity index (χ1) is 9.83. The van der Waals surface area contributed by atoms with E-state index in [1.165, 1.54) is 24.5 Å². The van der Waals surface area contributed by atoms with Gasteiger partial charge >= 0.3 is 0 Å². The minimum Gasteiger partial charge on any atom is -0.495 e. The molecule has 8 heteroatoms. The maximum absolute atomic E-state index is 12.4. The highest BCUT2D eigenvalue weighted by Crippen LogP contribution is 2.28. The number of methoxy groups -OCH3 is 1. The smallest absolute Gasteiger partial charge is 0.244 e. The number of aromatic nitrogens is 1. The molecule has 0 atom stereocenters. The van der Waals surface area contributed by atoms with Crippen LogP contribution in [0.5, 0.6) is 5.75 Å². The molecule has 2 rings (SSSR count). The fraction of sp³-hybridized carbons (Fsp3) is 0.308. The summed E-state index contributed by atoms with van der Waals surface area (Å²) in [7, 11) is -2.29. The molecule has 0 saturated heterocycles. The SMILES string of the molecule is COc1cc(C)c(N)cc1S(=O)(=O)NCc1nc(C)cs1. The summed E-state index contributed by atoms with van der Waals surface area (Å²) in [5.74, 6) is 0.268. The van der Waals surface area contributed by atoms with Gasteiger partial charge in [-0.05, 0) is 31.5 Å². The van der Waals surface area contributed by atoms with Crippen molar-refractivity contribution in [2.45, 2.75) is 25.3 Å². The van der Waals surface area contributed by atoms with Gasteiger partial charge in [-0.3, -0.25) is 0 Å². The average Bonchev–Trinajstić information content (AvgIpc) is 2.85. The van der Waals surface area contributed by atoms with Crippen molar-refractivity contribution < 1.29 is 13.2 Å². The Kier molecular flexibility index (Phi) is 4.50. The molecule has 3 N–H and O–H groups in total. The van der Waals surface area contributed by atoms with Crippen molar-refractivity contribution in [1.82, 2.24) is 9.71 Å². The third-order valence-electron chi connectivity index (χ3n) is 2.92. The van der Waals surface area contributed by atoms with E-state index in [2.05, 4.69) is 9.71 Å². The van der Waals surface area contributed by atoms with E-state index in [-0.39, 0.29) is 17.2 Å². The van der Waals surface area contributed by atoms with E-state index < -0.39 is 10.0 Å². The fourth-order valence-electron chi connectivity index (χ4n) is 1.77. The predicted molar refractivity (Wildman–Crippen MR) is 83.0 cm³/mol. The largest absolute Gasteiger partial charge is 0.495 e. The fourth-order valence-corrected chi connectivity index (χ4v) is 3.74. The summed E-state index contributed by atoms with van der Waals surface area (Å²) in [5.41, 5.74) is 7.83. The molecule has 0 spiro atoms. The Morgan fingerprint density at radius 2 is 2.10 bits per heavy atom. The summed E-state index contributed by atoms with van der Waals surface area (Å²) >= 11 is 1.41. The van der Waals surface area contributed by atoms with Gasteiger partial charge in [0.15, 0.2) is 0 Å². The normalized spacial score (nSPS) is 11.6. The van der Waals surface area contributed by atoms with Gasteiger partial charge in [0.2, 0.25) is 10.0 Å². The molecule has 0 aliphatic heterocycles. The first-order valence-electron chi connectivity index (χ1n) is 6.18. The Morgan fingerprint density at radius 1 is 1.38 bits per heavy atom. The van der Waals surface area contributed by atoms with E-state index in [1.54, 1.807) is 13.0 Å². The van der Waals surface area contributed by atoms with Gasteiger partial charge < -0.3 is 10.5 Å². The average molecular weight is 327 g/mol. The minimum atomic E-state index is -3.72. The van der Waals surface area contributed by atoms with Crippen molar-refractivity contribution in [3.63, 3.8) is 0 Å². The lowest BCUT2D eigenvalue weighted by atomic mass is 10.2.